The zero-order chi connectivity index (χ0) is 10.7. The Morgan fingerprint density at radius 3 is 2.60 bits per heavy atom. The van der Waals surface area contributed by atoms with Gasteiger partial charge in [0.05, 0.1) is 6.54 Å². The first-order valence-corrected chi connectivity index (χ1v) is 6.26. The van der Waals surface area contributed by atoms with Crippen LogP contribution in [-0.2, 0) is 4.79 Å². The number of likely N-dealkylation sites (tertiary alicyclic amines) is 1. The summed E-state index contributed by atoms with van der Waals surface area (Å²) >= 11 is 0. The summed E-state index contributed by atoms with van der Waals surface area (Å²) in [5.41, 5.74) is 5.90. The molecule has 3 nitrogen and oxygen atoms in total. The van der Waals surface area contributed by atoms with Gasteiger partial charge in [-0.3, -0.25) is 9.69 Å². The zero-order valence-electron chi connectivity index (χ0n) is 9.45. The first-order chi connectivity index (χ1) is 7.25. The van der Waals surface area contributed by atoms with Gasteiger partial charge in [0.2, 0.25) is 0 Å². The van der Waals surface area contributed by atoms with Gasteiger partial charge in [0, 0.05) is 18.5 Å². The highest BCUT2D eigenvalue weighted by Gasteiger charge is 2.25. The molecule has 0 aromatic rings. The molecule has 0 spiro atoms. The van der Waals surface area contributed by atoms with Crippen LogP contribution in [-0.4, -0.2) is 36.4 Å². The molecule has 0 amide bonds. The minimum absolute atomic E-state index is 0.287. The maximum absolute atomic E-state index is 11.9. The van der Waals surface area contributed by atoms with Gasteiger partial charge in [-0.1, -0.05) is 12.8 Å². The molecule has 0 radical (unpaired) electrons. The Balaban J connectivity index is 1.77. The Labute approximate surface area is 92.0 Å². The number of hydrogen-bond donors (Lipinski definition) is 1. The predicted molar refractivity (Wildman–Crippen MR) is 60.6 cm³/mol. The van der Waals surface area contributed by atoms with E-state index in [2.05, 4.69) is 4.90 Å². The normalized spacial score (nSPS) is 29.5. The molecule has 15 heavy (non-hydrogen) atoms. The average Bonchev–Trinajstić information content (AvgIpc) is 2.70. The lowest BCUT2D eigenvalue weighted by Crippen LogP contribution is -2.45. The topological polar surface area (TPSA) is 46.3 Å². The van der Waals surface area contributed by atoms with Crippen LogP contribution in [0, 0.1) is 5.92 Å². The first kappa shape index (κ1) is 11.1. The smallest absolute Gasteiger partial charge is 0.149 e. The number of carbonyl (C=O) groups is 1. The standard InChI is InChI=1S/C12H22N2O/c13-11-6-3-7-14(8-11)9-12(15)10-4-1-2-5-10/h10-11H,1-9,13H2. The molecule has 0 aromatic heterocycles. The third-order valence-electron chi connectivity index (χ3n) is 3.73. The Morgan fingerprint density at radius 1 is 1.20 bits per heavy atom. The molecule has 1 aliphatic heterocycles. The van der Waals surface area contributed by atoms with Crippen molar-refractivity contribution in [2.45, 2.75) is 44.6 Å². The van der Waals surface area contributed by atoms with Gasteiger partial charge >= 0.3 is 0 Å². The summed E-state index contributed by atoms with van der Waals surface area (Å²) in [4.78, 5) is 14.2. The van der Waals surface area contributed by atoms with Crippen molar-refractivity contribution in [3.8, 4) is 0 Å². The predicted octanol–water partition coefficient (Wildman–Crippen LogP) is 1.17. The van der Waals surface area contributed by atoms with Crippen molar-refractivity contribution in [3.63, 3.8) is 0 Å². The summed E-state index contributed by atoms with van der Waals surface area (Å²) in [6, 6.07) is 0.287. The Kier molecular flexibility index (Phi) is 3.76. The van der Waals surface area contributed by atoms with E-state index in [-0.39, 0.29) is 6.04 Å². The van der Waals surface area contributed by atoms with E-state index in [0.29, 0.717) is 18.2 Å². The first-order valence-electron chi connectivity index (χ1n) is 6.26. The van der Waals surface area contributed by atoms with E-state index in [4.69, 9.17) is 5.73 Å². The van der Waals surface area contributed by atoms with Gasteiger partial charge in [-0.05, 0) is 32.2 Å². The number of rotatable bonds is 3. The van der Waals surface area contributed by atoms with Crippen LogP contribution in [0.1, 0.15) is 38.5 Å². The molecule has 3 heteroatoms. The van der Waals surface area contributed by atoms with Crippen molar-refractivity contribution < 1.29 is 4.79 Å². The summed E-state index contributed by atoms with van der Waals surface area (Å²) in [5.74, 6) is 0.824. The van der Waals surface area contributed by atoms with E-state index < -0.39 is 0 Å². The fraction of sp³-hybridized carbons (Fsp3) is 0.917. The van der Waals surface area contributed by atoms with Gasteiger partial charge in [0.1, 0.15) is 5.78 Å². The molecule has 1 atom stereocenters. The molecule has 1 saturated heterocycles. The monoisotopic (exact) mass is 210 g/mol. The van der Waals surface area contributed by atoms with Crippen molar-refractivity contribution in [3.05, 3.63) is 0 Å². The van der Waals surface area contributed by atoms with Crippen LogP contribution in [0.5, 0.6) is 0 Å². The second-order valence-electron chi connectivity index (χ2n) is 5.09. The molecular weight excluding hydrogens is 188 g/mol. The number of hydrogen-bond acceptors (Lipinski definition) is 3. The third kappa shape index (κ3) is 3.02. The van der Waals surface area contributed by atoms with Gasteiger partial charge < -0.3 is 5.73 Å². The van der Waals surface area contributed by atoms with E-state index in [1.807, 2.05) is 0 Å². The van der Waals surface area contributed by atoms with Crippen LogP contribution in [0.4, 0.5) is 0 Å². The molecule has 2 rings (SSSR count). The van der Waals surface area contributed by atoms with Crippen molar-refractivity contribution in [2.75, 3.05) is 19.6 Å². The quantitative estimate of drug-likeness (QED) is 0.760. The van der Waals surface area contributed by atoms with Crippen LogP contribution in [0.15, 0.2) is 0 Å². The second kappa shape index (κ2) is 5.08. The lowest BCUT2D eigenvalue weighted by molar-refractivity contribution is -0.124. The molecule has 86 valence electrons. The largest absolute Gasteiger partial charge is 0.327 e. The van der Waals surface area contributed by atoms with E-state index in [0.717, 1.165) is 38.8 Å². The Hall–Kier alpha value is -0.410. The third-order valence-corrected chi connectivity index (χ3v) is 3.73. The van der Waals surface area contributed by atoms with E-state index in [1.54, 1.807) is 0 Å². The Morgan fingerprint density at radius 2 is 1.93 bits per heavy atom. The number of Topliss-reactive ketones (excluding diaryl/α,β-unsaturated/α-hetero) is 1. The molecule has 2 aliphatic rings. The number of carbonyl (C=O) groups excluding carboxylic acids is 1. The summed E-state index contributed by atoms with van der Waals surface area (Å²) in [6.07, 6.45) is 7.01. The van der Waals surface area contributed by atoms with E-state index in [9.17, 15) is 4.79 Å². The SMILES string of the molecule is NC1CCCN(CC(=O)C2CCCC2)C1. The molecule has 2 fully saturated rings. The van der Waals surface area contributed by atoms with E-state index >= 15 is 0 Å². The molecule has 1 heterocycles. The fourth-order valence-electron chi connectivity index (χ4n) is 2.83. The highest BCUT2D eigenvalue weighted by Crippen LogP contribution is 2.25. The van der Waals surface area contributed by atoms with Gasteiger partial charge in [-0.2, -0.15) is 0 Å². The molecule has 1 saturated carbocycles. The summed E-state index contributed by atoms with van der Waals surface area (Å²) in [6.45, 7) is 2.63. The van der Waals surface area contributed by atoms with Crippen molar-refractivity contribution in [2.24, 2.45) is 11.7 Å². The maximum Gasteiger partial charge on any atom is 0.149 e. The lowest BCUT2D eigenvalue weighted by atomic mass is 10.0. The fourth-order valence-corrected chi connectivity index (χ4v) is 2.83. The number of ketones is 1. The number of nitrogens with zero attached hydrogens (tertiary/aromatic N) is 1. The lowest BCUT2D eigenvalue weighted by Gasteiger charge is -2.30. The number of piperidine rings is 1. The molecular formula is C12H22N2O. The minimum Gasteiger partial charge on any atom is -0.327 e. The zero-order valence-corrected chi connectivity index (χ0v) is 9.45. The van der Waals surface area contributed by atoms with Crippen LogP contribution >= 0.6 is 0 Å². The van der Waals surface area contributed by atoms with Crippen molar-refractivity contribution in [1.29, 1.82) is 0 Å². The second-order valence-corrected chi connectivity index (χ2v) is 5.09. The van der Waals surface area contributed by atoms with Gasteiger partial charge in [0.25, 0.3) is 0 Å². The van der Waals surface area contributed by atoms with Crippen LogP contribution in [0.25, 0.3) is 0 Å². The van der Waals surface area contributed by atoms with Crippen molar-refractivity contribution >= 4 is 5.78 Å². The maximum atomic E-state index is 11.9. The Bertz CT molecular complexity index is 224. The molecule has 0 bridgehead atoms. The molecule has 2 N–H and O–H groups in total. The van der Waals surface area contributed by atoms with Crippen molar-refractivity contribution in [1.82, 2.24) is 4.90 Å². The highest BCUT2D eigenvalue weighted by molar-refractivity contribution is 5.83. The molecule has 0 aromatic carbocycles. The number of nitrogens with two attached hydrogens (primary N) is 1. The van der Waals surface area contributed by atoms with Crippen LogP contribution in [0.2, 0.25) is 0 Å². The summed E-state index contributed by atoms with van der Waals surface area (Å²) < 4.78 is 0. The van der Waals surface area contributed by atoms with Gasteiger partial charge in [-0.25, -0.2) is 0 Å². The van der Waals surface area contributed by atoms with E-state index in [1.165, 1.54) is 12.8 Å². The van der Waals surface area contributed by atoms with Gasteiger partial charge in [-0.15, -0.1) is 0 Å². The van der Waals surface area contributed by atoms with Gasteiger partial charge in [0.15, 0.2) is 0 Å². The van der Waals surface area contributed by atoms with Crippen LogP contribution in [0.3, 0.4) is 0 Å². The summed E-state index contributed by atoms with van der Waals surface area (Å²) in [5, 5.41) is 0. The molecule has 1 unspecified atom stereocenters. The summed E-state index contributed by atoms with van der Waals surface area (Å²) in [7, 11) is 0. The minimum atomic E-state index is 0.287. The average molecular weight is 210 g/mol. The molecule has 1 aliphatic carbocycles. The highest BCUT2D eigenvalue weighted by atomic mass is 16.1. The van der Waals surface area contributed by atoms with Crippen LogP contribution < -0.4 is 5.73 Å².